The second kappa shape index (κ2) is 3.91. The van der Waals surface area contributed by atoms with Crippen molar-refractivity contribution >= 4 is 7.48 Å². The zero-order valence-corrected chi connectivity index (χ0v) is 5.71. The molecule has 1 heterocycles. The zero-order chi connectivity index (χ0) is 6.53. The monoisotopic (exact) mass is 126 g/mol. The summed E-state index contributed by atoms with van der Waals surface area (Å²) in [5.41, 5.74) is 0. The van der Waals surface area contributed by atoms with Gasteiger partial charge in [-0.05, 0) is 32.4 Å². The van der Waals surface area contributed by atoms with E-state index in [0.29, 0.717) is 0 Å². The fourth-order valence-corrected chi connectivity index (χ4v) is 1.26. The Labute approximate surface area is 57.1 Å². The lowest BCUT2D eigenvalue weighted by molar-refractivity contribution is 0.256. The zero-order valence-electron chi connectivity index (χ0n) is 5.71. The van der Waals surface area contributed by atoms with Gasteiger partial charge in [-0.3, -0.25) is 0 Å². The van der Waals surface area contributed by atoms with Crippen molar-refractivity contribution in [1.82, 2.24) is 4.90 Å². The van der Waals surface area contributed by atoms with E-state index in [1.54, 1.807) is 0 Å². The molecule has 1 aliphatic rings. The van der Waals surface area contributed by atoms with Crippen molar-refractivity contribution in [2.45, 2.75) is 19.3 Å². The Kier molecular flexibility index (Phi) is 3.08. The number of likely N-dealkylation sites (tertiary alicyclic amines) is 1. The van der Waals surface area contributed by atoms with Gasteiger partial charge in [0.25, 0.3) is 0 Å². The molecule has 0 saturated carbocycles. The molecular weight excluding hydrogens is 113 g/mol. The lowest BCUT2D eigenvalue weighted by Crippen LogP contribution is -2.33. The van der Waals surface area contributed by atoms with Gasteiger partial charge in [0.15, 0.2) is 0 Å². The molecule has 0 aromatic carbocycles. The van der Waals surface area contributed by atoms with Crippen molar-refractivity contribution in [3.63, 3.8) is 0 Å². The predicted molar refractivity (Wildman–Crippen MR) is 38.3 cm³/mol. The highest BCUT2D eigenvalue weighted by molar-refractivity contribution is 6.25. The summed E-state index contributed by atoms with van der Waals surface area (Å²) in [5, 5.41) is 8.45. The van der Waals surface area contributed by atoms with E-state index in [1.165, 1.54) is 26.7 Å². The van der Waals surface area contributed by atoms with Crippen LogP contribution in [-0.2, 0) is 0 Å². The second-order valence-corrected chi connectivity index (χ2v) is 2.54. The van der Waals surface area contributed by atoms with Crippen molar-refractivity contribution in [1.29, 1.82) is 0 Å². The van der Waals surface area contributed by atoms with E-state index >= 15 is 0 Å². The van der Waals surface area contributed by atoms with Gasteiger partial charge in [0.1, 0.15) is 0 Å². The first kappa shape index (κ1) is 7.10. The average Bonchev–Trinajstić information content (AvgIpc) is 1.91. The standard InChI is InChI=1S/C6H13BNO/c9-7-6-8-4-2-1-3-5-8/h9H,1-6H2. The van der Waals surface area contributed by atoms with Crippen molar-refractivity contribution in [3.05, 3.63) is 0 Å². The summed E-state index contributed by atoms with van der Waals surface area (Å²) in [6, 6.07) is 0. The second-order valence-electron chi connectivity index (χ2n) is 2.54. The number of rotatable bonds is 2. The number of hydrogen-bond acceptors (Lipinski definition) is 2. The average molecular weight is 126 g/mol. The molecule has 2 nitrogen and oxygen atoms in total. The highest BCUT2D eigenvalue weighted by Crippen LogP contribution is 2.06. The summed E-state index contributed by atoms with van der Waals surface area (Å²) < 4.78 is 0. The minimum absolute atomic E-state index is 0.750. The highest BCUT2D eigenvalue weighted by Gasteiger charge is 2.08. The van der Waals surface area contributed by atoms with Crippen molar-refractivity contribution in [3.8, 4) is 0 Å². The van der Waals surface area contributed by atoms with Crippen LogP contribution in [0.5, 0.6) is 0 Å². The van der Waals surface area contributed by atoms with Gasteiger partial charge in [0.2, 0.25) is 0 Å². The summed E-state index contributed by atoms with van der Waals surface area (Å²) >= 11 is 0. The van der Waals surface area contributed by atoms with Crippen molar-refractivity contribution in [2.24, 2.45) is 0 Å². The van der Waals surface area contributed by atoms with Crippen molar-refractivity contribution < 1.29 is 5.02 Å². The molecule has 1 aliphatic heterocycles. The fourth-order valence-electron chi connectivity index (χ4n) is 1.26. The Morgan fingerprint density at radius 2 is 1.89 bits per heavy atom. The molecule has 51 valence electrons. The van der Waals surface area contributed by atoms with E-state index < -0.39 is 0 Å². The Morgan fingerprint density at radius 3 is 2.44 bits per heavy atom. The molecule has 1 saturated heterocycles. The molecule has 9 heavy (non-hydrogen) atoms. The molecule has 1 fully saturated rings. The van der Waals surface area contributed by atoms with Crippen LogP contribution in [-0.4, -0.2) is 36.9 Å². The number of nitrogens with zero attached hydrogens (tertiary/aromatic N) is 1. The lowest BCUT2D eigenvalue weighted by Gasteiger charge is -2.24. The number of piperidine rings is 1. The van der Waals surface area contributed by atoms with Crippen LogP contribution in [0.15, 0.2) is 0 Å². The van der Waals surface area contributed by atoms with Crippen LogP contribution in [0.1, 0.15) is 19.3 Å². The highest BCUT2D eigenvalue weighted by atomic mass is 16.2. The molecule has 0 spiro atoms. The van der Waals surface area contributed by atoms with E-state index in [9.17, 15) is 0 Å². The van der Waals surface area contributed by atoms with Gasteiger partial charge < -0.3 is 9.92 Å². The van der Waals surface area contributed by atoms with E-state index in [4.69, 9.17) is 5.02 Å². The first-order valence-corrected chi connectivity index (χ1v) is 3.62. The van der Waals surface area contributed by atoms with E-state index in [1.807, 2.05) is 0 Å². The topological polar surface area (TPSA) is 23.5 Å². The molecule has 0 aliphatic carbocycles. The summed E-state index contributed by atoms with van der Waals surface area (Å²) in [6.07, 6.45) is 4.71. The molecule has 3 heteroatoms. The predicted octanol–water partition coefficient (Wildman–Crippen LogP) is 0.0413. The van der Waals surface area contributed by atoms with Crippen LogP contribution in [0, 0.1) is 0 Å². The molecule has 0 amide bonds. The largest absolute Gasteiger partial charge is 0.453 e. The van der Waals surface area contributed by atoms with Gasteiger partial charge in [-0.25, -0.2) is 0 Å². The maximum Gasteiger partial charge on any atom is 0.302 e. The third kappa shape index (κ3) is 2.37. The summed E-state index contributed by atoms with van der Waals surface area (Å²) in [6.45, 7) is 2.33. The van der Waals surface area contributed by atoms with Crippen LogP contribution in [0.4, 0.5) is 0 Å². The maximum atomic E-state index is 8.45. The van der Waals surface area contributed by atoms with Gasteiger partial charge in [-0.15, -0.1) is 0 Å². The van der Waals surface area contributed by atoms with Crippen LogP contribution in [0.25, 0.3) is 0 Å². The first-order chi connectivity index (χ1) is 4.43. The maximum absolute atomic E-state index is 8.45. The van der Waals surface area contributed by atoms with Gasteiger partial charge in [-0.1, -0.05) is 6.42 Å². The fraction of sp³-hybridized carbons (Fsp3) is 1.00. The third-order valence-electron chi connectivity index (χ3n) is 1.79. The Balaban J connectivity index is 2.08. The molecule has 0 aromatic rings. The van der Waals surface area contributed by atoms with Gasteiger partial charge in [0, 0.05) is 0 Å². The van der Waals surface area contributed by atoms with Gasteiger partial charge in [0.05, 0.1) is 0 Å². The summed E-state index contributed by atoms with van der Waals surface area (Å²) in [4.78, 5) is 2.27. The lowest BCUT2D eigenvalue weighted by atomic mass is 10.00. The smallest absolute Gasteiger partial charge is 0.302 e. The molecule has 0 bridgehead atoms. The molecule has 1 radical (unpaired) electrons. The normalized spacial score (nSPS) is 21.9. The minimum atomic E-state index is 0.750. The molecule has 0 unspecified atom stereocenters. The summed E-state index contributed by atoms with van der Waals surface area (Å²) in [7, 11) is 1.24. The molecule has 1 N–H and O–H groups in total. The SMILES string of the molecule is O[B]CN1CCCCC1. The van der Waals surface area contributed by atoms with Gasteiger partial charge >= 0.3 is 7.48 Å². The van der Waals surface area contributed by atoms with Crippen LogP contribution >= 0.6 is 0 Å². The Bertz CT molecular complexity index is 70.7. The van der Waals surface area contributed by atoms with Crippen LogP contribution in [0.2, 0.25) is 0 Å². The number of hydrogen-bond donors (Lipinski definition) is 1. The molecule has 0 atom stereocenters. The molecule has 0 aromatic heterocycles. The molecule has 1 rings (SSSR count). The third-order valence-corrected chi connectivity index (χ3v) is 1.79. The van der Waals surface area contributed by atoms with Crippen LogP contribution < -0.4 is 0 Å². The van der Waals surface area contributed by atoms with E-state index in [2.05, 4.69) is 4.90 Å². The van der Waals surface area contributed by atoms with E-state index in [-0.39, 0.29) is 0 Å². The molecular formula is C6H13BNO. The van der Waals surface area contributed by atoms with Crippen LogP contribution in [0.3, 0.4) is 0 Å². The Morgan fingerprint density at radius 1 is 1.22 bits per heavy atom. The summed E-state index contributed by atoms with van der Waals surface area (Å²) in [5.74, 6) is 0. The Hall–Kier alpha value is -0.0151. The van der Waals surface area contributed by atoms with E-state index in [0.717, 1.165) is 19.5 Å². The van der Waals surface area contributed by atoms with Crippen molar-refractivity contribution in [2.75, 3.05) is 19.5 Å². The van der Waals surface area contributed by atoms with Gasteiger partial charge in [-0.2, -0.15) is 0 Å². The first-order valence-electron chi connectivity index (χ1n) is 3.62. The minimum Gasteiger partial charge on any atom is -0.453 e. The quantitative estimate of drug-likeness (QED) is 0.528.